The van der Waals surface area contributed by atoms with Gasteiger partial charge in [0.05, 0.1) is 12.9 Å². The number of imidazole rings is 1. The summed E-state index contributed by atoms with van der Waals surface area (Å²) < 4.78 is 1.85. The number of aromatic nitrogens is 4. The number of rotatable bonds is 4. The monoisotopic (exact) mass is 269 g/mol. The zero-order valence-corrected chi connectivity index (χ0v) is 11.4. The van der Waals surface area contributed by atoms with E-state index in [-0.39, 0.29) is 0 Å². The Bertz CT molecular complexity index is 710. The van der Waals surface area contributed by atoms with Gasteiger partial charge in [0.1, 0.15) is 6.33 Å². The summed E-state index contributed by atoms with van der Waals surface area (Å²) in [5, 5.41) is 1.63. The fraction of sp³-hybridized carbons (Fsp3) is 0.214. The first kappa shape index (κ1) is 12.6. The molecule has 0 spiro atoms. The Morgan fingerprint density at radius 2 is 1.95 bits per heavy atom. The van der Waals surface area contributed by atoms with Crippen molar-refractivity contribution in [2.75, 3.05) is 12.1 Å². The molecule has 0 unspecified atom stereocenters. The highest BCUT2D eigenvalue weighted by molar-refractivity contribution is 5.82. The van der Waals surface area contributed by atoms with Gasteiger partial charge in [-0.2, -0.15) is 0 Å². The molecule has 0 atom stereocenters. The molecule has 0 bridgehead atoms. The summed E-state index contributed by atoms with van der Waals surface area (Å²) in [7, 11) is 3.72. The van der Waals surface area contributed by atoms with Crippen LogP contribution >= 0.6 is 0 Å². The number of hydrogen-bond donors (Lipinski definition) is 0. The highest BCUT2D eigenvalue weighted by Crippen LogP contribution is 2.20. The predicted molar refractivity (Wildman–Crippen MR) is 75.9 cm³/mol. The van der Waals surface area contributed by atoms with Crippen LogP contribution in [-0.2, 0) is 18.5 Å². The highest BCUT2D eigenvalue weighted by Gasteiger charge is 2.12. The Hall–Kier alpha value is -2.47. The van der Waals surface area contributed by atoms with Crippen molar-refractivity contribution in [1.29, 1.82) is 0 Å². The quantitative estimate of drug-likeness (QED) is 0.677. The molecule has 0 fully saturated rings. The molecule has 3 aromatic rings. The van der Waals surface area contributed by atoms with E-state index in [4.69, 9.17) is 4.84 Å². The molecule has 6 nitrogen and oxygen atoms in total. The van der Waals surface area contributed by atoms with Crippen molar-refractivity contribution in [1.82, 2.24) is 19.5 Å². The summed E-state index contributed by atoms with van der Waals surface area (Å²) in [6.07, 6.45) is 3.23. The molecule has 0 aliphatic carbocycles. The third-order valence-electron chi connectivity index (χ3n) is 3.04. The van der Waals surface area contributed by atoms with E-state index < -0.39 is 0 Å². The van der Waals surface area contributed by atoms with Crippen molar-refractivity contribution in [2.24, 2.45) is 7.05 Å². The Morgan fingerprint density at radius 3 is 2.75 bits per heavy atom. The Kier molecular flexibility index (Phi) is 3.30. The maximum Gasteiger partial charge on any atom is 0.183 e. The number of nitrogens with zero attached hydrogens (tertiary/aromatic N) is 5. The van der Waals surface area contributed by atoms with Crippen molar-refractivity contribution in [3.63, 3.8) is 0 Å². The van der Waals surface area contributed by atoms with Gasteiger partial charge in [-0.15, -0.1) is 0 Å². The molecular formula is C14H15N5O. The van der Waals surface area contributed by atoms with Gasteiger partial charge in [0, 0.05) is 14.1 Å². The molecule has 0 radical (unpaired) electrons. The van der Waals surface area contributed by atoms with E-state index in [0.29, 0.717) is 12.4 Å². The van der Waals surface area contributed by atoms with Gasteiger partial charge in [0.15, 0.2) is 17.0 Å². The van der Waals surface area contributed by atoms with Crippen LogP contribution in [0.25, 0.3) is 11.2 Å². The van der Waals surface area contributed by atoms with E-state index in [9.17, 15) is 0 Å². The van der Waals surface area contributed by atoms with E-state index in [1.807, 2.05) is 49.0 Å². The third kappa shape index (κ3) is 2.33. The number of anilines is 1. The standard InChI is InChI=1S/C14H15N5O/c1-18-10-17-12-13(18)15-9-16-14(12)19(2)20-8-11-6-4-3-5-7-11/h3-7,9-10H,8H2,1-2H3. The molecule has 0 amide bonds. The molecule has 2 aromatic heterocycles. The average Bonchev–Trinajstić information content (AvgIpc) is 2.87. The molecule has 0 aliphatic heterocycles. The van der Waals surface area contributed by atoms with Gasteiger partial charge in [-0.25, -0.2) is 20.0 Å². The van der Waals surface area contributed by atoms with E-state index in [1.54, 1.807) is 11.4 Å². The zero-order valence-electron chi connectivity index (χ0n) is 11.4. The minimum absolute atomic E-state index is 0.482. The maximum atomic E-state index is 5.73. The molecule has 0 N–H and O–H groups in total. The number of fused-ring (bicyclic) bond motifs is 1. The lowest BCUT2D eigenvalue weighted by Gasteiger charge is -2.17. The normalized spacial score (nSPS) is 10.9. The Labute approximate surface area is 116 Å². The van der Waals surface area contributed by atoms with Crippen LogP contribution in [0, 0.1) is 0 Å². The molecule has 0 aliphatic rings. The van der Waals surface area contributed by atoms with E-state index in [0.717, 1.165) is 16.7 Å². The zero-order chi connectivity index (χ0) is 13.9. The Morgan fingerprint density at radius 1 is 1.15 bits per heavy atom. The van der Waals surface area contributed by atoms with E-state index in [2.05, 4.69) is 15.0 Å². The number of aryl methyl sites for hydroxylation is 1. The van der Waals surface area contributed by atoms with Crippen molar-refractivity contribution in [2.45, 2.75) is 6.61 Å². The van der Waals surface area contributed by atoms with Gasteiger partial charge in [-0.1, -0.05) is 30.3 Å². The summed E-state index contributed by atoms with van der Waals surface area (Å²) >= 11 is 0. The molecular weight excluding hydrogens is 254 g/mol. The van der Waals surface area contributed by atoms with Crippen LogP contribution in [0.3, 0.4) is 0 Å². The van der Waals surface area contributed by atoms with Crippen molar-refractivity contribution in [3.8, 4) is 0 Å². The second-order valence-electron chi connectivity index (χ2n) is 4.48. The Balaban J connectivity index is 1.80. The van der Waals surface area contributed by atoms with Crippen LogP contribution in [-0.4, -0.2) is 26.6 Å². The van der Waals surface area contributed by atoms with Crippen molar-refractivity contribution in [3.05, 3.63) is 48.5 Å². The largest absolute Gasteiger partial charge is 0.318 e. The first-order valence-electron chi connectivity index (χ1n) is 6.28. The minimum atomic E-state index is 0.482. The number of benzene rings is 1. The first-order chi connectivity index (χ1) is 9.75. The van der Waals surface area contributed by atoms with Crippen molar-refractivity contribution < 1.29 is 4.84 Å². The number of hydrogen-bond acceptors (Lipinski definition) is 5. The summed E-state index contributed by atoms with van der Waals surface area (Å²) in [6.45, 7) is 0.482. The second-order valence-corrected chi connectivity index (χ2v) is 4.48. The van der Waals surface area contributed by atoms with Gasteiger partial charge < -0.3 is 4.57 Å². The highest BCUT2D eigenvalue weighted by atomic mass is 16.7. The lowest BCUT2D eigenvalue weighted by molar-refractivity contribution is 0.107. The summed E-state index contributed by atoms with van der Waals surface area (Å²) in [5.74, 6) is 0.659. The van der Waals surface area contributed by atoms with Crippen LogP contribution in [0.1, 0.15) is 5.56 Å². The van der Waals surface area contributed by atoms with Gasteiger partial charge in [-0.3, -0.25) is 4.84 Å². The lowest BCUT2D eigenvalue weighted by atomic mass is 10.2. The maximum absolute atomic E-state index is 5.73. The van der Waals surface area contributed by atoms with Crippen molar-refractivity contribution >= 4 is 17.0 Å². The molecule has 3 rings (SSSR count). The minimum Gasteiger partial charge on any atom is -0.318 e. The lowest BCUT2D eigenvalue weighted by Crippen LogP contribution is -2.19. The fourth-order valence-corrected chi connectivity index (χ4v) is 1.97. The molecule has 6 heteroatoms. The predicted octanol–water partition coefficient (Wildman–Crippen LogP) is 1.93. The summed E-state index contributed by atoms with van der Waals surface area (Å²) in [5.41, 5.74) is 2.61. The van der Waals surface area contributed by atoms with Crippen LogP contribution < -0.4 is 5.06 Å². The molecule has 1 aromatic carbocycles. The van der Waals surface area contributed by atoms with Crippen LogP contribution in [0.2, 0.25) is 0 Å². The second kappa shape index (κ2) is 5.26. The van der Waals surface area contributed by atoms with Crippen LogP contribution in [0.15, 0.2) is 43.0 Å². The summed E-state index contributed by atoms with van der Waals surface area (Å²) in [4.78, 5) is 18.5. The smallest absolute Gasteiger partial charge is 0.183 e. The molecule has 0 saturated heterocycles. The first-order valence-corrected chi connectivity index (χ1v) is 6.28. The molecule has 20 heavy (non-hydrogen) atoms. The van der Waals surface area contributed by atoms with Gasteiger partial charge in [-0.05, 0) is 5.56 Å². The van der Waals surface area contributed by atoms with Gasteiger partial charge in [0.25, 0.3) is 0 Å². The molecule has 0 saturated carbocycles. The topological polar surface area (TPSA) is 56.1 Å². The van der Waals surface area contributed by atoms with Crippen LogP contribution in [0.5, 0.6) is 0 Å². The molecule has 2 heterocycles. The van der Waals surface area contributed by atoms with Gasteiger partial charge in [0.2, 0.25) is 0 Å². The van der Waals surface area contributed by atoms with E-state index >= 15 is 0 Å². The molecule has 102 valence electrons. The average molecular weight is 269 g/mol. The summed E-state index contributed by atoms with van der Waals surface area (Å²) in [6, 6.07) is 9.99. The van der Waals surface area contributed by atoms with Crippen LogP contribution in [0.4, 0.5) is 5.82 Å². The SMILES string of the molecule is CN(OCc1ccccc1)c1ncnc2c1ncn2C. The van der Waals surface area contributed by atoms with Gasteiger partial charge >= 0.3 is 0 Å². The number of hydroxylamine groups is 1. The van der Waals surface area contributed by atoms with E-state index in [1.165, 1.54) is 6.33 Å². The third-order valence-corrected chi connectivity index (χ3v) is 3.04. The fourth-order valence-electron chi connectivity index (χ4n) is 1.97.